The third kappa shape index (κ3) is 3.44. The Labute approximate surface area is 158 Å². The maximum Gasteiger partial charge on any atom is 0.330 e. The maximum atomic E-state index is 12.4. The molecular weight excluding hydrogens is 378 g/mol. The molecule has 1 amide bonds. The van der Waals surface area contributed by atoms with Crippen molar-refractivity contribution < 1.29 is 19.4 Å². The number of fused-ring (bicyclic) bond motifs is 1. The van der Waals surface area contributed by atoms with Crippen molar-refractivity contribution in [3.8, 4) is 5.69 Å². The molecule has 0 aliphatic rings. The molecule has 0 unspecified atom stereocenters. The highest BCUT2D eigenvalue weighted by molar-refractivity contribution is 7.20. The molecule has 0 fully saturated rings. The van der Waals surface area contributed by atoms with Crippen molar-refractivity contribution in [1.29, 1.82) is 0 Å². The summed E-state index contributed by atoms with van der Waals surface area (Å²) in [7, 11) is 1.19. The van der Waals surface area contributed by atoms with Gasteiger partial charge in [0.25, 0.3) is 5.91 Å². The number of hydrogen-bond acceptors (Lipinski definition) is 6. The Bertz CT molecular complexity index is 982. The normalized spacial score (nSPS) is 12.2. The van der Waals surface area contributed by atoms with Crippen LogP contribution in [0.4, 0.5) is 0 Å². The topological polar surface area (TPSA) is 93.4 Å². The minimum absolute atomic E-state index is 0.402. The fourth-order valence-corrected chi connectivity index (χ4v) is 3.76. The Morgan fingerprint density at radius 2 is 2.19 bits per heavy atom. The molecule has 1 atom stereocenters. The molecule has 1 aromatic carbocycles. The SMILES string of the molecule is COC(=O)[C@@H](CO)NC(=O)c1cc2c(C)nn(-c3cccc(Cl)c3)c2s1. The monoisotopic (exact) mass is 393 g/mol. The van der Waals surface area contributed by atoms with E-state index in [1.807, 2.05) is 19.1 Å². The number of amides is 1. The average Bonchev–Trinajstić information content (AvgIpc) is 3.19. The summed E-state index contributed by atoms with van der Waals surface area (Å²) in [5.74, 6) is -1.17. The van der Waals surface area contributed by atoms with Crippen molar-refractivity contribution in [3.63, 3.8) is 0 Å². The number of carbonyl (C=O) groups is 2. The highest BCUT2D eigenvalue weighted by atomic mass is 35.5. The predicted octanol–water partition coefficient (Wildman–Crippen LogP) is 2.31. The van der Waals surface area contributed by atoms with E-state index < -0.39 is 24.5 Å². The minimum Gasteiger partial charge on any atom is -0.467 e. The van der Waals surface area contributed by atoms with Gasteiger partial charge in [-0.05, 0) is 31.2 Å². The lowest BCUT2D eigenvalue weighted by atomic mass is 10.2. The van der Waals surface area contributed by atoms with E-state index in [-0.39, 0.29) is 0 Å². The summed E-state index contributed by atoms with van der Waals surface area (Å²) in [6.45, 7) is 1.31. The van der Waals surface area contributed by atoms with Crippen molar-refractivity contribution in [1.82, 2.24) is 15.1 Å². The van der Waals surface area contributed by atoms with E-state index >= 15 is 0 Å². The Balaban J connectivity index is 1.96. The lowest BCUT2D eigenvalue weighted by molar-refractivity contribution is -0.143. The van der Waals surface area contributed by atoms with Crippen LogP contribution in [0.15, 0.2) is 30.3 Å². The molecule has 3 aromatic rings. The number of esters is 1. The number of rotatable bonds is 5. The van der Waals surface area contributed by atoms with Crippen molar-refractivity contribution >= 4 is 45.0 Å². The molecule has 2 aromatic heterocycles. The third-order valence-electron chi connectivity index (χ3n) is 3.79. The van der Waals surface area contributed by atoms with Gasteiger partial charge in [0.2, 0.25) is 0 Å². The molecule has 0 spiro atoms. The Morgan fingerprint density at radius 1 is 1.42 bits per heavy atom. The van der Waals surface area contributed by atoms with Crippen LogP contribution in [0.25, 0.3) is 15.9 Å². The fraction of sp³-hybridized carbons (Fsp3) is 0.235. The maximum absolute atomic E-state index is 12.4. The molecule has 0 aliphatic carbocycles. The number of halogens is 1. The standard InChI is InChI=1S/C17H16ClN3O4S/c1-9-12-7-14(15(23)19-13(8-22)17(24)25-2)26-16(12)21(20-9)11-5-3-4-10(18)6-11/h3-7,13,22H,8H2,1-2H3,(H,19,23)/t13-/m1/s1. The van der Waals surface area contributed by atoms with Gasteiger partial charge in [0.1, 0.15) is 4.83 Å². The fourth-order valence-electron chi connectivity index (χ4n) is 2.49. The molecule has 3 rings (SSSR count). The van der Waals surface area contributed by atoms with Gasteiger partial charge >= 0.3 is 5.97 Å². The van der Waals surface area contributed by atoms with Crippen LogP contribution < -0.4 is 5.32 Å². The van der Waals surface area contributed by atoms with Crippen LogP contribution >= 0.6 is 22.9 Å². The lowest BCUT2D eigenvalue weighted by Gasteiger charge is -2.12. The Morgan fingerprint density at radius 3 is 2.85 bits per heavy atom. The number of aliphatic hydroxyl groups is 1. The number of aliphatic hydroxyl groups excluding tert-OH is 1. The molecule has 0 bridgehead atoms. The van der Waals surface area contributed by atoms with Crippen LogP contribution in [-0.4, -0.2) is 46.5 Å². The van der Waals surface area contributed by atoms with Crippen LogP contribution in [0.2, 0.25) is 5.02 Å². The molecule has 7 nitrogen and oxygen atoms in total. The summed E-state index contributed by atoms with van der Waals surface area (Å²) >= 11 is 7.29. The predicted molar refractivity (Wildman–Crippen MR) is 99.1 cm³/mol. The number of ether oxygens (including phenoxy) is 1. The van der Waals surface area contributed by atoms with Crippen molar-refractivity contribution in [3.05, 3.63) is 45.9 Å². The zero-order valence-corrected chi connectivity index (χ0v) is 15.6. The number of nitrogens with zero attached hydrogens (tertiary/aromatic N) is 2. The van der Waals surface area contributed by atoms with Gasteiger partial charge in [0.15, 0.2) is 6.04 Å². The first-order chi connectivity index (χ1) is 12.4. The molecule has 0 radical (unpaired) electrons. The second kappa shape index (κ2) is 7.45. The van der Waals surface area contributed by atoms with Crippen molar-refractivity contribution in [2.75, 3.05) is 13.7 Å². The van der Waals surface area contributed by atoms with Gasteiger partial charge in [-0.3, -0.25) is 4.79 Å². The molecule has 0 saturated heterocycles. The first-order valence-electron chi connectivity index (χ1n) is 7.69. The molecule has 9 heteroatoms. The summed E-state index contributed by atoms with van der Waals surface area (Å²) < 4.78 is 6.28. The van der Waals surface area contributed by atoms with Crippen LogP contribution in [0, 0.1) is 6.92 Å². The van der Waals surface area contributed by atoms with Gasteiger partial charge in [0, 0.05) is 10.4 Å². The number of hydrogen-bond donors (Lipinski definition) is 2. The van der Waals surface area contributed by atoms with Gasteiger partial charge in [-0.15, -0.1) is 11.3 Å². The summed E-state index contributed by atoms with van der Waals surface area (Å²) in [6.07, 6.45) is 0. The van der Waals surface area contributed by atoms with Crippen molar-refractivity contribution in [2.45, 2.75) is 13.0 Å². The Kier molecular flexibility index (Phi) is 5.26. The second-order valence-electron chi connectivity index (χ2n) is 5.54. The molecule has 26 heavy (non-hydrogen) atoms. The number of methoxy groups -OCH3 is 1. The average molecular weight is 394 g/mol. The van der Waals surface area contributed by atoms with Crippen LogP contribution in [0.5, 0.6) is 0 Å². The number of carbonyl (C=O) groups excluding carboxylic acids is 2. The van der Waals surface area contributed by atoms with Gasteiger partial charge in [0.05, 0.1) is 30.0 Å². The highest BCUT2D eigenvalue weighted by Gasteiger charge is 2.23. The van der Waals surface area contributed by atoms with Crippen LogP contribution in [0.1, 0.15) is 15.4 Å². The van der Waals surface area contributed by atoms with E-state index in [4.69, 9.17) is 11.6 Å². The van der Waals surface area contributed by atoms with E-state index in [9.17, 15) is 14.7 Å². The Hall–Kier alpha value is -2.42. The van der Waals surface area contributed by atoms with Gasteiger partial charge in [-0.2, -0.15) is 5.10 Å². The zero-order valence-electron chi connectivity index (χ0n) is 14.0. The highest BCUT2D eigenvalue weighted by Crippen LogP contribution is 2.31. The third-order valence-corrected chi connectivity index (χ3v) is 5.14. The molecule has 136 valence electrons. The number of benzene rings is 1. The van der Waals surface area contributed by atoms with Gasteiger partial charge < -0.3 is 15.2 Å². The molecule has 2 N–H and O–H groups in total. The molecule has 2 heterocycles. The second-order valence-corrected chi connectivity index (χ2v) is 7.01. The first-order valence-corrected chi connectivity index (χ1v) is 8.88. The number of thiophene rings is 1. The van der Waals surface area contributed by atoms with Gasteiger partial charge in [-0.1, -0.05) is 17.7 Å². The molecule has 0 aliphatic heterocycles. The number of nitrogens with one attached hydrogen (secondary N) is 1. The largest absolute Gasteiger partial charge is 0.467 e. The van der Waals surface area contributed by atoms with E-state index in [1.165, 1.54) is 18.4 Å². The van der Waals surface area contributed by atoms with E-state index in [2.05, 4.69) is 15.2 Å². The summed E-state index contributed by atoms with van der Waals surface area (Å²) in [5, 5.41) is 17.6. The molecular formula is C17H16ClN3O4S. The molecule has 0 saturated carbocycles. The van der Waals surface area contributed by atoms with Crippen molar-refractivity contribution in [2.24, 2.45) is 0 Å². The van der Waals surface area contributed by atoms with E-state index in [0.29, 0.717) is 9.90 Å². The summed E-state index contributed by atoms with van der Waals surface area (Å²) in [4.78, 5) is 25.2. The van der Waals surface area contributed by atoms with Crippen LogP contribution in [0.3, 0.4) is 0 Å². The quantitative estimate of drug-likeness (QED) is 0.649. The van der Waals surface area contributed by atoms with Gasteiger partial charge in [-0.25, -0.2) is 9.48 Å². The lowest BCUT2D eigenvalue weighted by Crippen LogP contribution is -2.43. The smallest absolute Gasteiger partial charge is 0.330 e. The minimum atomic E-state index is -1.11. The summed E-state index contributed by atoms with van der Waals surface area (Å²) in [6, 6.07) is 7.85. The first kappa shape index (κ1) is 18.4. The van der Waals surface area contributed by atoms with E-state index in [1.54, 1.807) is 22.9 Å². The number of aryl methyl sites for hydroxylation is 1. The van der Waals surface area contributed by atoms with E-state index in [0.717, 1.165) is 21.6 Å². The summed E-state index contributed by atoms with van der Waals surface area (Å²) in [5.41, 5.74) is 1.55. The van der Waals surface area contributed by atoms with Crippen LogP contribution in [-0.2, 0) is 9.53 Å². The number of aromatic nitrogens is 2. The zero-order chi connectivity index (χ0) is 18.8.